The van der Waals surface area contributed by atoms with Gasteiger partial charge >= 0.3 is 5.97 Å². The van der Waals surface area contributed by atoms with E-state index < -0.39 is 5.97 Å². The van der Waals surface area contributed by atoms with Gasteiger partial charge in [-0.1, -0.05) is 11.3 Å². The first kappa shape index (κ1) is 13.3. The number of carbonyl (C=O) groups excluding carboxylic acids is 1. The predicted octanol–water partition coefficient (Wildman–Crippen LogP) is 2.28. The van der Waals surface area contributed by atoms with Gasteiger partial charge in [0.2, 0.25) is 0 Å². The molecule has 2 heterocycles. The monoisotopic (exact) mass is 302 g/mol. The van der Waals surface area contributed by atoms with Crippen LogP contribution in [0.25, 0.3) is 10.2 Å². The van der Waals surface area contributed by atoms with Crippen molar-refractivity contribution in [3.63, 3.8) is 0 Å². The minimum atomic E-state index is -0.995. The van der Waals surface area contributed by atoms with Gasteiger partial charge in [-0.2, -0.15) is 5.10 Å². The largest absolute Gasteiger partial charge is 0.478 e. The molecule has 0 saturated heterocycles. The van der Waals surface area contributed by atoms with E-state index in [2.05, 4.69) is 20.5 Å². The van der Waals surface area contributed by atoms with E-state index in [1.807, 2.05) is 0 Å². The first-order chi connectivity index (χ1) is 10.0. The third-order valence-corrected chi connectivity index (χ3v) is 3.86. The lowest BCUT2D eigenvalue weighted by Crippen LogP contribution is -2.11. The number of aromatic amines is 1. The van der Waals surface area contributed by atoms with Crippen molar-refractivity contribution in [1.29, 1.82) is 0 Å². The topological polar surface area (TPSA) is 108 Å². The predicted molar refractivity (Wildman–Crippen MR) is 77.9 cm³/mol. The Kier molecular flexibility index (Phi) is 3.15. The van der Waals surface area contributed by atoms with Crippen molar-refractivity contribution < 1.29 is 14.7 Å². The van der Waals surface area contributed by atoms with Crippen LogP contribution in [0.4, 0.5) is 5.13 Å². The molecule has 1 amide bonds. The van der Waals surface area contributed by atoms with Crippen molar-refractivity contribution in [3.8, 4) is 0 Å². The molecular weight excluding hydrogens is 292 g/mol. The van der Waals surface area contributed by atoms with Gasteiger partial charge < -0.3 is 5.11 Å². The molecular formula is C13H10N4O3S. The molecule has 0 atom stereocenters. The highest BCUT2D eigenvalue weighted by atomic mass is 32.1. The van der Waals surface area contributed by atoms with E-state index in [1.165, 1.54) is 29.7 Å². The molecule has 0 spiro atoms. The van der Waals surface area contributed by atoms with E-state index in [0.29, 0.717) is 26.6 Å². The number of carboxylic acids is 1. The summed E-state index contributed by atoms with van der Waals surface area (Å²) in [5.74, 6) is -1.30. The maximum atomic E-state index is 12.0. The fraction of sp³-hybridized carbons (Fsp3) is 0.0769. The van der Waals surface area contributed by atoms with Crippen LogP contribution in [-0.4, -0.2) is 32.2 Å². The quantitative estimate of drug-likeness (QED) is 0.688. The standard InChI is InChI=1S/C13H10N4O3S/c1-6-8(5-14-17-6)11(18)16-13-15-9-3-2-7(12(19)20)4-10(9)21-13/h2-5H,1H3,(H,14,17)(H,19,20)(H,15,16,18). The Morgan fingerprint density at radius 2 is 2.19 bits per heavy atom. The van der Waals surface area contributed by atoms with Crippen LogP contribution in [-0.2, 0) is 0 Å². The summed E-state index contributed by atoms with van der Waals surface area (Å²) < 4.78 is 0.703. The second kappa shape index (κ2) is 4.98. The number of thiazole rings is 1. The SMILES string of the molecule is Cc1[nH]ncc1C(=O)Nc1nc2ccc(C(=O)O)cc2s1. The summed E-state index contributed by atoms with van der Waals surface area (Å²) in [6, 6.07) is 4.64. The molecule has 106 valence electrons. The van der Waals surface area contributed by atoms with Crippen LogP contribution in [0.2, 0.25) is 0 Å². The Labute approximate surface area is 122 Å². The number of H-pyrrole nitrogens is 1. The number of benzene rings is 1. The number of carboxylic acid groups (broad SMARTS) is 1. The highest BCUT2D eigenvalue weighted by molar-refractivity contribution is 7.22. The number of aromatic nitrogens is 3. The number of aromatic carboxylic acids is 1. The minimum Gasteiger partial charge on any atom is -0.478 e. The van der Waals surface area contributed by atoms with Gasteiger partial charge in [0.25, 0.3) is 5.91 Å². The Hall–Kier alpha value is -2.74. The van der Waals surface area contributed by atoms with E-state index >= 15 is 0 Å². The van der Waals surface area contributed by atoms with Crippen LogP contribution in [0.1, 0.15) is 26.4 Å². The zero-order chi connectivity index (χ0) is 15.0. The molecule has 8 heteroatoms. The average molecular weight is 302 g/mol. The van der Waals surface area contributed by atoms with Crippen LogP contribution in [0.15, 0.2) is 24.4 Å². The van der Waals surface area contributed by atoms with E-state index in [-0.39, 0.29) is 11.5 Å². The van der Waals surface area contributed by atoms with Gasteiger partial charge in [-0.05, 0) is 25.1 Å². The van der Waals surface area contributed by atoms with Crippen molar-refractivity contribution in [2.24, 2.45) is 0 Å². The number of amides is 1. The highest BCUT2D eigenvalue weighted by Crippen LogP contribution is 2.27. The number of hydrogen-bond donors (Lipinski definition) is 3. The first-order valence-corrected chi connectivity index (χ1v) is 6.81. The van der Waals surface area contributed by atoms with Crippen molar-refractivity contribution in [3.05, 3.63) is 41.2 Å². The maximum Gasteiger partial charge on any atom is 0.335 e. The van der Waals surface area contributed by atoms with Crippen LogP contribution in [0.5, 0.6) is 0 Å². The molecule has 21 heavy (non-hydrogen) atoms. The van der Waals surface area contributed by atoms with E-state index in [9.17, 15) is 9.59 Å². The zero-order valence-corrected chi connectivity index (χ0v) is 11.7. The van der Waals surface area contributed by atoms with Crippen LogP contribution < -0.4 is 5.32 Å². The molecule has 0 fully saturated rings. The van der Waals surface area contributed by atoms with E-state index in [4.69, 9.17) is 5.11 Å². The number of aryl methyl sites for hydroxylation is 1. The summed E-state index contributed by atoms with van der Waals surface area (Å²) in [6.07, 6.45) is 1.44. The summed E-state index contributed by atoms with van der Waals surface area (Å²) >= 11 is 1.22. The van der Waals surface area contributed by atoms with Crippen molar-refractivity contribution in [2.75, 3.05) is 5.32 Å². The number of anilines is 1. The van der Waals surface area contributed by atoms with Crippen LogP contribution >= 0.6 is 11.3 Å². The molecule has 0 saturated carbocycles. The Balaban J connectivity index is 1.89. The summed E-state index contributed by atoms with van der Waals surface area (Å²) in [5, 5.41) is 18.5. The van der Waals surface area contributed by atoms with Gasteiger partial charge in [-0.15, -0.1) is 0 Å². The van der Waals surface area contributed by atoms with Crippen LogP contribution in [0, 0.1) is 6.92 Å². The van der Waals surface area contributed by atoms with Crippen LogP contribution in [0.3, 0.4) is 0 Å². The molecule has 0 aliphatic rings. The molecule has 3 aromatic rings. The molecule has 0 radical (unpaired) electrons. The molecule has 3 rings (SSSR count). The normalized spacial score (nSPS) is 10.7. The van der Waals surface area contributed by atoms with Gasteiger partial charge in [0, 0.05) is 5.69 Å². The number of carbonyl (C=O) groups is 2. The van der Waals surface area contributed by atoms with Crippen molar-refractivity contribution >= 4 is 38.6 Å². The summed E-state index contributed by atoms with van der Waals surface area (Å²) in [4.78, 5) is 27.2. The Morgan fingerprint density at radius 3 is 2.86 bits per heavy atom. The summed E-state index contributed by atoms with van der Waals surface area (Å²) in [6.45, 7) is 1.75. The lowest BCUT2D eigenvalue weighted by Gasteiger charge is -1.98. The van der Waals surface area contributed by atoms with Gasteiger partial charge in [0.1, 0.15) is 0 Å². The average Bonchev–Trinajstić information content (AvgIpc) is 3.02. The molecule has 7 nitrogen and oxygen atoms in total. The fourth-order valence-electron chi connectivity index (χ4n) is 1.86. The number of hydrogen-bond acceptors (Lipinski definition) is 5. The Bertz CT molecular complexity index is 852. The van der Waals surface area contributed by atoms with Crippen molar-refractivity contribution in [1.82, 2.24) is 15.2 Å². The lowest BCUT2D eigenvalue weighted by molar-refractivity contribution is 0.0697. The number of rotatable bonds is 3. The number of fused-ring (bicyclic) bond motifs is 1. The molecule has 0 aliphatic carbocycles. The van der Waals surface area contributed by atoms with E-state index in [1.54, 1.807) is 13.0 Å². The minimum absolute atomic E-state index is 0.190. The zero-order valence-electron chi connectivity index (χ0n) is 10.9. The first-order valence-electron chi connectivity index (χ1n) is 6.00. The second-order valence-electron chi connectivity index (χ2n) is 4.37. The maximum absolute atomic E-state index is 12.0. The molecule has 3 N–H and O–H groups in total. The Morgan fingerprint density at radius 1 is 1.38 bits per heavy atom. The smallest absolute Gasteiger partial charge is 0.335 e. The lowest BCUT2D eigenvalue weighted by atomic mass is 10.2. The third kappa shape index (κ3) is 2.48. The summed E-state index contributed by atoms with van der Waals surface area (Å²) in [5.41, 5.74) is 1.95. The van der Waals surface area contributed by atoms with Gasteiger partial charge in [-0.3, -0.25) is 15.2 Å². The number of nitrogens with one attached hydrogen (secondary N) is 2. The fourth-order valence-corrected chi connectivity index (χ4v) is 2.76. The molecule has 0 aliphatic heterocycles. The molecule has 0 unspecified atom stereocenters. The van der Waals surface area contributed by atoms with Gasteiger partial charge in [0.05, 0.1) is 27.5 Å². The molecule has 0 bridgehead atoms. The van der Waals surface area contributed by atoms with Gasteiger partial charge in [-0.25, -0.2) is 9.78 Å². The summed E-state index contributed by atoms with van der Waals surface area (Å²) in [7, 11) is 0. The highest BCUT2D eigenvalue weighted by Gasteiger charge is 2.14. The third-order valence-electron chi connectivity index (χ3n) is 2.93. The van der Waals surface area contributed by atoms with Crippen molar-refractivity contribution in [2.45, 2.75) is 6.92 Å². The van der Waals surface area contributed by atoms with E-state index in [0.717, 1.165) is 0 Å². The second-order valence-corrected chi connectivity index (χ2v) is 5.40. The molecule has 1 aromatic carbocycles. The number of nitrogens with zero attached hydrogens (tertiary/aromatic N) is 2. The molecule has 2 aromatic heterocycles. The van der Waals surface area contributed by atoms with Gasteiger partial charge in [0.15, 0.2) is 5.13 Å².